The van der Waals surface area contributed by atoms with Crippen LogP contribution in [-0.2, 0) is 36.7 Å². The average Bonchev–Trinajstić information content (AvgIpc) is 2.81. The summed E-state index contributed by atoms with van der Waals surface area (Å²) >= 11 is 0. The topological polar surface area (TPSA) is 183 Å². The van der Waals surface area contributed by atoms with E-state index in [1.165, 1.54) is 6.07 Å². The van der Waals surface area contributed by atoms with E-state index in [0.717, 1.165) is 59.4 Å². The maximum atomic E-state index is 10.7. The van der Waals surface area contributed by atoms with E-state index in [9.17, 15) is 5.11 Å². The molecule has 12 heteroatoms. The molecule has 2 N–H and O–H groups in total. The maximum Gasteiger partial charge on any atom is 4.00 e. The van der Waals surface area contributed by atoms with Gasteiger partial charge < -0.3 is 10.8 Å². The van der Waals surface area contributed by atoms with Crippen LogP contribution in [-0.4, -0.2) is 19.9 Å². The first kappa shape index (κ1) is 34.9. The van der Waals surface area contributed by atoms with Gasteiger partial charge in [0, 0.05) is 42.4 Å². The van der Waals surface area contributed by atoms with Gasteiger partial charge in [0.1, 0.15) is 0 Å². The zero-order valence-electron chi connectivity index (χ0n) is 22.7. The van der Waals surface area contributed by atoms with Crippen molar-refractivity contribution in [1.82, 2.24) is 19.9 Å². The van der Waals surface area contributed by atoms with E-state index in [2.05, 4.69) is 56.3 Å². The van der Waals surface area contributed by atoms with E-state index in [1.54, 1.807) is 6.07 Å². The summed E-state index contributed by atoms with van der Waals surface area (Å²) in [6.45, 7) is 10.3. The number of halogens is 1. The summed E-state index contributed by atoms with van der Waals surface area (Å²) in [4.78, 5) is 16.3. The molecule has 0 aliphatic heterocycles. The average molecular weight is 610 g/mol. The Labute approximate surface area is 247 Å². The SMILES string of the molecule is Cc1ccc(N)c([O-])c1.Cc1cccc(CN(Cc2cccc(C)n2)Cc2cccc(C)n2)n1.[Fe+4].[O-][Cl+3]([O-])([O-])[O-]. The minimum atomic E-state index is -4.94. The molecule has 3 aromatic heterocycles. The standard InChI is InChI=1S/C21H24N4.C7H9NO.ClHO4.Fe/c1-16-7-4-10-19(22-16)13-25(14-20-11-5-8-17(2)23-20)15-21-12-6-9-18(3)24-21;1-5-2-3-6(8)7(9)4-5;2-1(3,4)5;/h4-12H,13-15H2,1-3H3;2-4,9H,8H2,1H3;(H,2,3,4,5);/q;;;+4/p-2. The Morgan fingerprint density at radius 3 is 1.27 bits per heavy atom. The number of benzene rings is 1. The van der Waals surface area contributed by atoms with Crippen LogP contribution in [0.1, 0.15) is 39.7 Å². The molecule has 0 amide bonds. The van der Waals surface area contributed by atoms with Crippen molar-refractivity contribution < 1.29 is 51.1 Å². The predicted octanol–water partition coefficient (Wildman–Crippen LogP) is -0.108. The van der Waals surface area contributed by atoms with Crippen LogP contribution in [0.25, 0.3) is 0 Å². The number of nitrogens with zero attached hydrogens (tertiary/aromatic N) is 4. The zero-order valence-corrected chi connectivity index (χ0v) is 24.5. The molecular weight excluding hydrogens is 578 g/mol. The molecule has 3 heterocycles. The molecule has 40 heavy (non-hydrogen) atoms. The van der Waals surface area contributed by atoms with Crippen LogP contribution < -0.4 is 29.5 Å². The predicted molar refractivity (Wildman–Crippen MR) is 135 cm³/mol. The van der Waals surface area contributed by atoms with Crippen LogP contribution >= 0.6 is 0 Å². The van der Waals surface area contributed by atoms with Crippen molar-refractivity contribution in [3.8, 4) is 5.75 Å². The third-order valence-corrected chi connectivity index (χ3v) is 5.16. The van der Waals surface area contributed by atoms with Crippen LogP contribution in [0.2, 0.25) is 0 Å². The molecule has 0 fully saturated rings. The molecule has 0 bridgehead atoms. The fourth-order valence-electron chi connectivity index (χ4n) is 3.56. The van der Waals surface area contributed by atoms with Crippen molar-refractivity contribution in [3.05, 3.63) is 113 Å². The molecule has 4 rings (SSSR count). The van der Waals surface area contributed by atoms with Crippen molar-refractivity contribution in [2.24, 2.45) is 0 Å². The van der Waals surface area contributed by atoms with Gasteiger partial charge in [-0.2, -0.15) is 0 Å². The molecule has 0 atom stereocenters. The molecule has 0 aliphatic carbocycles. The number of rotatable bonds is 6. The van der Waals surface area contributed by atoms with Gasteiger partial charge in [0.15, 0.2) is 0 Å². The van der Waals surface area contributed by atoms with Crippen LogP contribution in [0.4, 0.5) is 5.69 Å². The van der Waals surface area contributed by atoms with Crippen LogP contribution in [0, 0.1) is 37.9 Å². The van der Waals surface area contributed by atoms with Gasteiger partial charge in [-0.3, -0.25) is 19.9 Å². The zero-order chi connectivity index (χ0) is 29.0. The van der Waals surface area contributed by atoms with E-state index in [1.807, 2.05) is 52.0 Å². The molecule has 0 radical (unpaired) electrons. The molecule has 0 saturated carbocycles. The van der Waals surface area contributed by atoms with Gasteiger partial charge in [0.05, 0.1) is 17.1 Å². The molecule has 1 aromatic carbocycles. The van der Waals surface area contributed by atoms with E-state index in [4.69, 9.17) is 24.4 Å². The summed E-state index contributed by atoms with van der Waals surface area (Å²) in [7, 11) is -4.94. The third-order valence-electron chi connectivity index (χ3n) is 5.16. The summed E-state index contributed by atoms with van der Waals surface area (Å²) in [6.07, 6.45) is 0. The van der Waals surface area contributed by atoms with Gasteiger partial charge in [-0.15, -0.1) is 10.2 Å². The Morgan fingerprint density at radius 2 is 1.00 bits per heavy atom. The Morgan fingerprint density at radius 1 is 0.650 bits per heavy atom. The smallest absolute Gasteiger partial charge is 0.871 e. The minimum absolute atomic E-state index is 0. The van der Waals surface area contributed by atoms with E-state index in [0.29, 0.717) is 5.69 Å². The monoisotopic (exact) mass is 609 g/mol. The van der Waals surface area contributed by atoms with E-state index in [-0.39, 0.29) is 22.8 Å². The summed E-state index contributed by atoms with van der Waals surface area (Å²) in [5, 5.41) is 10.7. The van der Waals surface area contributed by atoms with E-state index >= 15 is 0 Å². The van der Waals surface area contributed by atoms with Crippen LogP contribution in [0.5, 0.6) is 5.75 Å². The Kier molecular flexibility index (Phi) is 14.7. The minimum Gasteiger partial charge on any atom is -0.871 e. The molecular formula is C28H32ClFeN5O5+2. The number of hydrogen-bond donors (Lipinski definition) is 1. The number of pyridine rings is 3. The normalized spacial score (nSPS) is 10.5. The van der Waals surface area contributed by atoms with Crippen molar-refractivity contribution in [2.75, 3.05) is 5.73 Å². The number of aromatic nitrogens is 3. The molecule has 0 saturated heterocycles. The van der Waals surface area contributed by atoms with Gasteiger partial charge >= 0.3 is 17.1 Å². The number of anilines is 1. The Bertz CT molecular complexity index is 1220. The molecule has 4 aromatic rings. The molecule has 10 nitrogen and oxygen atoms in total. The number of hydrogen-bond acceptors (Lipinski definition) is 10. The number of aryl methyl sites for hydroxylation is 4. The first-order valence-electron chi connectivity index (χ1n) is 11.9. The van der Waals surface area contributed by atoms with Gasteiger partial charge in [0.25, 0.3) is 0 Å². The quantitative estimate of drug-likeness (QED) is 0.229. The molecule has 0 spiro atoms. The van der Waals surface area contributed by atoms with Gasteiger partial charge in [-0.25, -0.2) is 18.6 Å². The first-order chi connectivity index (χ1) is 18.3. The van der Waals surface area contributed by atoms with E-state index < -0.39 is 10.2 Å². The largest absolute Gasteiger partial charge is 4.00 e. The summed E-state index contributed by atoms with van der Waals surface area (Å²) in [5.41, 5.74) is 12.9. The maximum absolute atomic E-state index is 10.7. The summed E-state index contributed by atoms with van der Waals surface area (Å²) in [5.74, 6) is -0.0880. The molecule has 0 aliphatic rings. The molecule has 212 valence electrons. The van der Waals surface area contributed by atoms with Crippen molar-refractivity contribution in [1.29, 1.82) is 0 Å². The van der Waals surface area contributed by atoms with Crippen LogP contribution in [0.3, 0.4) is 0 Å². The second-order valence-electron chi connectivity index (χ2n) is 8.88. The number of nitrogen functional groups attached to an aromatic ring is 1. The Balaban J connectivity index is 0.000000441. The van der Waals surface area contributed by atoms with Crippen molar-refractivity contribution in [2.45, 2.75) is 47.3 Å². The second kappa shape index (κ2) is 16.9. The summed E-state index contributed by atoms with van der Waals surface area (Å²) < 4.78 is 34.0. The van der Waals surface area contributed by atoms with Crippen molar-refractivity contribution >= 4 is 5.69 Å². The third kappa shape index (κ3) is 14.9. The van der Waals surface area contributed by atoms with Crippen LogP contribution in [0.15, 0.2) is 72.8 Å². The van der Waals surface area contributed by atoms with Gasteiger partial charge in [-0.05, 0) is 70.2 Å². The first-order valence-corrected chi connectivity index (χ1v) is 13.2. The second-order valence-corrected chi connectivity index (χ2v) is 9.63. The van der Waals surface area contributed by atoms with Gasteiger partial charge in [-0.1, -0.05) is 41.6 Å². The summed E-state index contributed by atoms with van der Waals surface area (Å²) in [6, 6.07) is 23.5. The Hall–Kier alpha value is -3.12. The van der Waals surface area contributed by atoms with Gasteiger partial charge in [0.2, 0.25) is 0 Å². The number of nitrogens with two attached hydrogens (primary N) is 1. The molecule has 0 unspecified atom stereocenters. The fourth-order valence-corrected chi connectivity index (χ4v) is 3.56. The fraction of sp³-hybridized carbons (Fsp3) is 0.250. The van der Waals surface area contributed by atoms with Crippen molar-refractivity contribution in [3.63, 3.8) is 0 Å².